The molecule has 0 radical (unpaired) electrons. The van der Waals surface area contributed by atoms with Crippen LogP contribution in [0.3, 0.4) is 0 Å². The van der Waals surface area contributed by atoms with Crippen molar-refractivity contribution in [3.63, 3.8) is 0 Å². The van der Waals surface area contributed by atoms with Gasteiger partial charge in [0.15, 0.2) is 0 Å². The molecule has 4 rings (SSSR count). The first-order valence-electron chi connectivity index (χ1n) is 7.84. The zero-order valence-corrected chi connectivity index (χ0v) is 12.4. The maximum atomic E-state index is 13.9. The van der Waals surface area contributed by atoms with Gasteiger partial charge in [-0.2, -0.15) is 0 Å². The number of imidazole rings is 1. The van der Waals surface area contributed by atoms with Crippen molar-refractivity contribution in [3.8, 4) is 0 Å². The number of rotatable bonds is 1. The van der Waals surface area contributed by atoms with Gasteiger partial charge in [0.25, 0.3) is 5.91 Å². The maximum Gasteiger partial charge on any atom is 0.274 e. The number of hydrogen-bond donors (Lipinski definition) is 0. The van der Waals surface area contributed by atoms with Crippen LogP contribution in [0.25, 0.3) is 0 Å². The first kappa shape index (κ1) is 13.5. The van der Waals surface area contributed by atoms with Crippen molar-refractivity contribution in [1.29, 1.82) is 0 Å². The van der Waals surface area contributed by atoms with Gasteiger partial charge < -0.3 is 9.47 Å². The molecule has 0 saturated heterocycles. The van der Waals surface area contributed by atoms with Crippen molar-refractivity contribution in [3.05, 3.63) is 52.9 Å². The van der Waals surface area contributed by atoms with Crippen LogP contribution in [0.1, 0.15) is 40.3 Å². The molecule has 2 aliphatic rings. The molecule has 3 heterocycles. The lowest BCUT2D eigenvalue weighted by Crippen LogP contribution is -2.36. The Morgan fingerprint density at radius 2 is 2.09 bits per heavy atom. The van der Waals surface area contributed by atoms with E-state index in [1.54, 1.807) is 11.0 Å². The van der Waals surface area contributed by atoms with Crippen LogP contribution in [0.4, 0.5) is 4.39 Å². The molecule has 0 spiro atoms. The van der Waals surface area contributed by atoms with Gasteiger partial charge in [-0.3, -0.25) is 4.79 Å². The number of amides is 1. The van der Waals surface area contributed by atoms with Gasteiger partial charge in [0.1, 0.15) is 17.3 Å². The molecule has 0 atom stereocenters. The van der Waals surface area contributed by atoms with E-state index >= 15 is 0 Å². The van der Waals surface area contributed by atoms with Crippen molar-refractivity contribution in [2.75, 3.05) is 6.54 Å². The lowest BCUT2D eigenvalue weighted by Gasteiger charge is -2.28. The Morgan fingerprint density at radius 3 is 2.95 bits per heavy atom. The summed E-state index contributed by atoms with van der Waals surface area (Å²) in [6, 6.07) is 5.13. The van der Waals surface area contributed by atoms with Crippen molar-refractivity contribution >= 4 is 5.91 Å². The molecule has 0 N–H and O–H groups in total. The first-order valence-corrected chi connectivity index (χ1v) is 7.84. The zero-order valence-electron chi connectivity index (χ0n) is 12.4. The summed E-state index contributed by atoms with van der Waals surface area (Å²) in [5, 5.41) is 0. The van der Waals surface area contributed by atoms with E-state index in [-0.39, 0.29) is 11.7 Å². The topological polar surface area (TPSA) is 38.1 Å². The summed E-state index contributed by atoms with van der Waals surface area (Å²) in [7, 11) is 0. The number of hydrogen-bond acceptors (Lipinski definition) is 2. The highest BCUT2D eigenvalue weighted by molar-refractivity contribution is 5.92. The second kappa shape index (κ2) is 5.23. The minimum absolute atomic E-state index is 0.0872. The maximum absolute atomic E-state index is 13.9. The molecule has 22 heavy (non-hydrogen) atoms. The Bertz CT molecular complexity index is 714. The molecule has 114 valence electrons. The van der Waals surface area contributed by atoms with Gasteiger partial charge in [0.05, 0.1) is 0 Å². The van der Waals surface area contributed by atoms with Crippen LogP contribution in [0.15, 0.2) is 24.4 Å². The summed E-state index contributed by atoms with van der Waals surface area (Å²) in [5.41, 5.74) is 2.15. The van der Waals surface area contributed by atoms with Gasteiger partial charge in [-0.1, -0.05) is 12.1 Å². The minimum atomic E-state index is -0.223. The number of benzene rings is 1. The molecular formula is C17H18FN3O. The van der Waals surface area contributed by atoms with Crippen LogP contribution in [0.5, 0.6) is 0 Å². The number of fused-ring (bicyclic) bond motifs is 2. The Labute approximate surface area is 128 Å². The molecule has 0 aliphatic carbocycles. The third-order valence-corrected chi connectivity index (χ3v) is 4.63. The summed E-state index contributed by atoms with van der Waals surface area (Å²) in [4.78, 5) is 18.9. The summed E-state index contributed by atoms with van der Waals surface area (Å²) in [6.07, 6.45) is 5.76. The third kappa shape index (κ3) is 2.21. The first-order chi connectivity index (χ1) is 10.7. The van der Waals surface area contributed by atoms with Gasteiger partial charge in [-0.05, 0) is 30.9 Å². The highest BCUT2D eigenvalue weighted by Crippen LogP contribution is 2.23. The van der Waals surface area contributed by atoms with Crippen molar-refractivity contribution in [1.82, 2.24) is 14.5 Å². The van der Waals surface area contributed by atoms with Gasteiger partial charge in [0, 0.05) is 37.8 Å². The second-order valence-corrected chi connectivity index (χ2v) is 6.05. The van der Waals surface area contributed by atoms with Gasteiger partial charge in [0.2, 0.25) is 0 Å². The van der Waals surface area contributed by atoms with E-state index in [2.05, 4.69) is 9.55 Å². The Kier molecular flexibility index (Phi) is 3.21. The highest BCUT2D eigenvalue weighted by Gasteiger charge is 2.26. The van der Waals surface area contributed by atoms with E-state index < -0.39 is 0 Å². The molecule has 0 saturated carbocycles. The third-order valence-electron chi connectivity index (χ3n) is 4.63. The van der Waals surface area contributed by atoms with Crippen LogP contribution in [0.2, 0.25) is 0 Å². The number of nitrogens with zero attached hydrogens (tertiary/aromatic N) is 3. The summed E-state index contributed by atoms with van der Waals surface area (Å²) in [6.45, 7) is 1.90. The Hall–Kier alpha value is -2.17. The fourth-order valence-corrected chi connectivity index (χ4v) is 3.39. The molecular weight excluding hydrogens is 281 g/mol. The van der Waals surface area contributed by atoms with Crippen LogP contribution in [-0.2, 0) is 25.9 Å². The van der Waals surface area contributed by atoms with Crippen molar-refractivity contribution < 1.29 is 9.18 Å². The average Bonchev–Trinajstić information content (AvgIpc) is 2.98. The van der Waals surface area contributed by atoms with Gasteiger partial charge in [-0.15, -0.1) is 0 Å². The number of aryl methyl sites for hydroxylation is 2. The lowest BCUT2D eigenvalue weighted by atomic mass is 9.99. The van der Waals surface area contributed by atoms with E-state index in [1.165, 1.54) is 6.07 Å². The molecule has 2 aromatic rings. The molecule has 1 aromatic carbocycles. The summed E-state index contributed by atoms with van der Waals surface area (Å²) >= 11 is 0. The van der Waals surface area contributed by atoms with Crippen LogP contribution in [-0.4, -0.2) is 26.9 Å². The molecule has 1 aromatic heterocycles. The predicted molar refractivity (Wildman–Crippen MR) is 80.0 cm³/mol. The number of carbonyl (C=O) groups excluding carboxylic acids is 1. The van der Waals surface area contributed by atoms with E-state index in [1.807, 2.05) is 12.3 Å². The van der Waals surface area contributed by atoms with Crippen LogP contribution in [0, 0.1) is 5.82 Å². The zero-order chi connectivity index (χ0) is 15.1. The summed E-state index contributed by atoms with van der Waals surface area (Å²) < 4.78 is 16.0. The Morgan fingerprint density at radius 1 is 1.18 bits per heavy atom. The number of aromatic nitrogens is 2. The highest BCUT2D eigenvalue weighted by atomic mass is 19.1. The van der Waals surface area contributed by atoms with E-state index in [9.17, 15) is 9.18 Å². The van der Waals surface area contributed by atoms with Gasteiger partial charge >= 0.3 is 0 Å². The second-order valence-electron chi connectivity index (χ2n) is 6.05. The quantitative estimate of drug-likeness (QED) is 0.811. The lowest BCUT2D eigenvalue weighted by molar-refractivity contribution is 0.0727. The number of carbonyl (C=O) groups is 1. The van der Waals surface area contributed by atoms with Crippen molar-refractivity contribution in [2.24, 2.45) is 0 Å². The molecule has 4 nitrogen and oxygen atoms in total. The normalized spacial score (nSPS) is 17.0. The summed E-state index contributed by atoms with van der Waals surface area (Å²) in [5.74, 6) is 0.688. The van der Waals surface area contributed by atoms with Crippen LogP contribution >= 0.6 is 0 Å². The van der Waals surface area contributed by atoms with Gasteiger partial charge in [-0.25, -0.2) is 9.37 Å². The molecule has 0 bridgehead atoms. The molecule has 2 aliphatic heterocycles. The molecule has 0 unspecified atom stereocenters. The monoisotopic (exact) mass is 299 g/mol. The molecule has 1 amide bonds. The Balaban J connectivity index is 1.59. The fraction of sp³-hybridized carbons (Fsp3) is 0.412. The van der Waals surface area contributed by atoms with Crippen molar-refractivity contribution in [2.45, 2.75) is 38.8 Å². The van der Waals surface area contributed by atoms with Crippen LogP contribution < -0.4 is 0 Å². The smallest absolute Gasteiger partial charge is 0.274 e. The van der Waals surface area contributed by atoms with E-state index in [0.717, 1.165) is 37.2 Å². The number of halogens is 1. The van der Waals surface area contributed by atoms with E-state index in [4.69, 9.17) is 0 Å². The van der Waals surface area contributed by atoms with E-state index in [0.29, 0.717) is 30.8 Å². The fourth-order valence-electron chi connectivity index (χ4n) is 3.39. The predicted octanol–water partition coefficient (Wildman–Crippen LogP) is 2.56. The SMILES string of the molecule is O=C(c1cn2c(n1)CCCC2)N1CCc2cccc(F)c2C1. The average molecular weight is 299 g/mol. The molecule has 5 heteroatoms. The standard InChI is InChI=1S/C17H18FN3O/c18-14-5-3-4-12-7-9-21(10-13(12)14)17(22)15-11-20-8-2-1-6-16(20)19-15/h3-5,11H,1-2,6-10H2. The molecule has 0 fully saturated rings. The largest absolute Gasteiger partial charge is 0.334 e. The minimum Gasteiger partial charge on any atom is -0.334 e.